The van der Waals surface area contributed by atoms with Crippen molar-refractivity contribution in [2.75, 3.05) is 0 Å². The van der Waals surface area contributed by atoms with Crippen molar-refractivity contribution in [3.8, 4) is 0 Å². The van der Waals surface area contributed by atoms with E-state index in [0.29, 0.717) is 0 Å². The second-order valence-electron chi connectivity index (χ2n) is 5.56. The van der Waals surface area contributed by atoms with Gasteiger partial charge < -0.3 is 0 Å². The van der Waals surface area contributed by atoms with Crippen LogP contribution in [0.3, 0.4) is 0 Å². The van der Waals surface area contributed by atoms with Crippen molar-refractivity contribution >= 4 is 33.9 Å². The summed E-state index contributed by atoms with van der Waals surface area (Å²) in [6.45, 7) is 1.57. The van der Waals surface area contributed by atoms with Crippen molar-refractivity contribution in [2.45, 2.75) is 19.4 Å². The molecule has 1 unspecified atom stereocenters. The van der Waals surface area contributed by atoms with E-state index in [0.717, 1.165) is 34.2 Å². The number of nitrogens with zero attached hydrogens (tertiary/aromatic N) is 3. The second kappa shape index (κ2) is 5.59. The van der Waals surface area contributed by atoms with Crippen LogP contribution in [0.4, 0.5) is 0 Å². The molecule has 3 aromatic rings. The van der Waals surface area contributed by atoms with Gasteiger partial charge in [-0.05, 0) is 34.5 Å². The quantitative estimate of drug-likeness (QED) is 0.716. The number of hydrogen-bond donors (Lipinski definition) is 0. The van der Waals surface area contributed by atoms with E-state index in [1.807, 2.05) is 29.6 Å². The molecule has 4 rings (SSSR count). The Hall–Kier alpha value is -2.53. The summed E-state index contributed by atoms with van der Waals surface area (Å²) in [5.74, 6) is -0.0406. The zero-order chi connectivity index (χ0) is 15.8. The fraction of sp³-hybridized carbons (Fsp3) is 0.167. The Morgan fingerprint density at radius 2 is 2.13 bits per heavy atom. The van der Waals surface area contributed by atoms with Gasteiger partial charge in [0.2, 0.25) is 5.91 Å². The monoisotopic (exact) mass is 321 g/mol. The number of pyridine rings is 1. The summed E-state index contributed by atoms with van der Waals surface area (Å²) >= 11 is 1.64. The molecular weight excluding hydrogens is 306 g/mol. The minimum atomic E-state index is -0.0738. The highest BCUT2D eigenvalue weighted by Gasteiger charge is 2.32. The van der Waals surface area contributed by atoms with Gasteiger partial charge in [-0.3, -0.25) is 9.78 Å². The molecule has 0 N–H and O–H groups in total. The Bertz CT molecular complexity index is 896. The van der Waals surface area contributed by atoms with Gasteiger partial charge in [0.1, 0.15) is 0 Å². The molecule has 1 atom stereocenters. The van der Waals surface area contributed by atoms with Crippen molar-refractivity contribution < 1.29 is 4.79 Å². The SMILES string of the molecule is CC(=O)N1N=C(c2ccsc2)CC1c1ccnc2ccccc12. The number of hydrazone groups is 1. The number of fused-ring (bicyclic) bond motifs is 1. The van der Waals surface area contributed by atoms with Gasteiger partial charge in [0, 0.05) is 30.5 Å². The highest BCUT2D eigenvalue weighted by molar-refractivity contribution is 7.08. The third kappa shape index (κ3) is 2.43. The maximum atomic E-state index is 12.1. The van der Waals surface area contributed by atoms with Crippen LogP contribution in [0.1, 0.15) is 30.5 Å². The van der Waals surface area contributed by atoms with Gasteiger partial charge in [-0.25, -0.2) is 5.01 Å². The summed E-state index contributed by atoms with van der Waals surface area (Å²) in [5.41, 5.74) is 4.10. The lowest BCUT2D eigenvalue weighted by Gasteiger charge is -2.21. The van der Waals surface area contributed by atoms with Crippen LogP contribution < -0.4 is 0 Å². The summed E-state index contributed by atoms with van der Waals surface area (Å²) < 4.78 is 0. The first-order chi connectivity index (χ1) is 11.2. The summed E-state index contributed by atoms with van der Waals surface area (Å²) in [6.07, 6.45) is 2.53. The standard InChI is InChI=1S/C18H15N3OS/c1-12(22)21-18(10-17(20-21)13-7-9-23-11-13)15-6-8-19-16-5-3-2-4-14(15)16/h2-9,11,18H,10H2,1H3. The molecule has 5 heteroatoms. The molecule has 0 saturated carbocycles. The molecule has 114 valence electrons. The van der Waals surface area contributed by atoms with Crippen molar-refractivity contribution in [2.24, 2.45) is 5.10 Å². The number of thiophene rings is 1. The molecule has 2 aromatic heterocycles. The molecule has 0 fully saturated rings. The number of rotatable bonds is 2. The Balaban J connectivity index is 1.80. The lowest BCUT2D eigenvalue weighted by molar-refractivity contribution is -0.130. The highest BCUT2D eigenvalue weighted by Crippen LogP contribution is 2.36. The molecule has 3 heterocycles. The molecule has 1 aromatic carbocycles. The summed E-state index contributed by atoms with van der Waals surface area (Å²) in [5, 5.41) is 11.4. The fourth-order valence-electron chi connectivity index (χ4n) is 3.05. The van der Waals surface area contributed by atoms with Crippen LogP contribution in [0.5, 0.6) is 0 Å². The molecule has 0 radical (unpaired) electrons. The first kappa shape index (κ1) is 14.1. The van der Waals surface area contributed by atoms with Crippen molar-refractivity contribution in [1.82, 2.24) is 9.99 Å². The first-order valence-corrected chi connectivity index (χ1v) is 8.42. The van der Waals surface area contributed by atoms with E-state index in [9.17, 15) is 4.79 Å². The molecule has 1 aliphatic heterocycles. The van der Waals surface area contributed by atoms with Crippen LogP contribution in [0, 0.1) is 0 Å². The third-order valence-electron chi connectivity index (χ3n) is 4.13. The molecular formula is C18H15N3OS. The average Bonchev–Trinajstić information content (AvgIpc) is 3.23. The van der Waals surface area contributed by atoms with Gasteiger partial charge in [0.05, 0.1) is 17.3 Å². The van der Waals surface area contributed by atoms with Gasteiger partial charge in [0.25, 0.3) is 0 Å². The molecule has 23 heavy (non-hydrogen) atoms. The number of para-hydroxylation sites is 1. The number of benzene rings is 1. The van der Waals surface area contributed by atoms with E-state index in [4.69, 9.17) is 0 Å². The van der Waals surface area contributed by atoms with Crippen LogP contribution in [-0.4, -0.2) is 21.6 Å². The largest absolute Gasteiger partial charge is 0.273 e. The van der Waals surface area contributed by atoms with Crippen molar-refractivity contribution in [3.05, 3.63) is 64.5 Å². The van der Waals surface area contributed by atoms with Crippen LogP contribution >= 0.6 is 11.3 Å². The average molecular weight is 321 g/mol. The van der Waals surface area contributed by atoms with Crippen molar-refractivity contribution in [3.63, 3.8) is 0 Å². The number of carbonyl (C=O) groups is 1. The minimum Gasteiger partial charge on any atom is -0.273 e. The van der Waals surface area contributed by atoms with Crippen LogP contribution in [0.15, 0.2) is 58.5 Å². The molecule has 0 saturated heterocycles. The van der Waals surface area contributed by atoms with Crippen molar-refractivity contribution in [1.29, 1.82) is 0 Å². The minimum absolute atomic E-state index is 0.0406. The fourth-order valence-corrected chi connectivity index (χ4v) is 3.72. The van der Waals surface area contributed by atoms with Gasteiger partial charge in [0.15, 0.2) is 0 Å². The van der Waals surface area contributed by atoms with E-state index in [-0.39, 0.29) is 11.9 Å². The molecule has 1 amide bonds. The van der Waals surface area contributed by atoms with Gasteiger partial charge in [-0.2, -0.15) is 16.4 Å². The Morgan fingerprint density at radius 1 is 1.26 bits per heavy atom. The summed E-state index contributed by atoms with van der Waals surface area (Å²) in [6, 6.07) is 12.0. The van der Waals surface area contributed by atoms with E-state index in [2.05, 4.69) is 27.6 Å². The Morgan fingerprint density at radius 3 is 2.91 bits per heavy atom. The second-order valence-corrected chi connectivity index (χ2v) is 6.34. The number of hydrogen-bond acceptors (Lipinski definition) is 4. The summed E-state index contributed by atoms with van der Waals surface area (Å²) in [7, 11) is 0. The third-order valence-corrected chi connectivity index (χ3v) is 4.81. The topological polar surface area (TPSA) is 45.6 Å². The maximum absolute atomic E-state index is 12.1. The molecule has 4 nitrogen and oxygen atoms in total. The molecule has 0 aliphatic carbocycles. The van der Waals surface area contributed by atoms with E-state index < -0.39 is 0 Å². The lowest BCUT2D eigenvalue weighted by atomic mass is 9.96. The van der Waals surface area contributed by atoms with E-state index in [1.54, 1.807) is 29.5 Å². The zero-order valence-corrected chi connectivity index (χ0v) is 13.5. The highest BCUT2D eigenvalue weighted by atomic mass is 32.1. The van der Waals surface area contributed by atoms with E-state index in [1.165, 1.54) is 0 Å². The normalized spacial score (nSPS) is 17.5. The summed E-state index contributed by atoms with van der Waals surface area (Å²) in [4.78, 5) is 16.5. The lowest BCUT2D eigenvalue weighted by Crippen LogP contribution is -2.24. The van der Waals surface area contributed by atoms with Gasteiger partial charge in [-0.1, -0.05) is 18.2 Å². The predicted octanol–water partition coefficient (Wildman–Crippen LogP) is 3.99. The smallest absolute Gasteiger partial charge is 0.240 e. The molecule has 0 spiro atoms. The predicted molar refractivity (Wildman–Crippen MR) is 92.5 cm³/mol. The number of carbonyl (C=O) groups excluding carboxylic acids is 1. The van der Waals surface area contributed by atoms with Crippen LogP contribution in [-0.2, 0) is 4.79 Å². The van der Waals surface area contributed by atoms with Gasteiger partial charge >= 0.3 is 0 Å². The maximum Gasteiger partial charge on any atom is 0.240 e. The molecule has 1 aliphatic rings. The Labute approximate surface area is 138 Å². The van der Waals surface area contributed by atoms with Crippen LogP contribution in [0.25, 0.3) is 10.9 Å². The van der Waals surface area contributed by atoms with Crippen LogP contribution in [0.2, 0.25) is 0 Å². The van der Waals surface area contributed by atoms with E-state index >= 15 is 0 Å². The van der Waals surface area contributed by atoms with Gasteiger partial charge in [-0.15, -0.1) is 0 Å². The Kier molecular flexibility index (Phi) is 3.42. The molecule has 0 bridgehead atoms. The number of aromatic nitrogens is 1. The number of amides is 1. The zero-order valence-electron chi connectivity index (χ0n) is 12.6. The first-order valence-electron chi connectivity index (χ1n) is 7.47.